The molecule has 3 aromatic carbocycles. The summed E-state index contributed by atoms with van der Waals surface area (Å²) in [4.78, 5) is 33.9. The molecule has 1 atom stereocenters. The van der Waals surface area contributed by atoms with E-state index in [1.54, 1.807) is 43.1 Å². The third-order valence-corrected chi connectivity index (χ3v) is 8.03. The van der Waals surface area contributed by atoms with E-state index in [-0.39, 0.29) is 24.6 Å². The van der Waals surface area contributed by atoms with E-state index in [2.05, 4.69) is 15.5 Å². The van der Waals surface area contributed by atoms with Crippen molar-refractivity contribution in [3.63, 3.8) is 0 Å². The number of ether oxygens (including phenoxy) is 3. The largest absolute Gasteiger partial charge is 0.495 e. The SMILES string of the molecule is COc1ccccc1NC(=O)C1=C(C)N=C2SCCCN2C1c1cccc(NC(=O)c2ccc3c(c2)OCO3)c1. The molecule has 1 fully saturated rings. The first kappa shape index (κ1) is 25.8. The Morgan fingerprint density at radius 3 is 2.73 bits per heavy atom. The maximum absolute atomic E-state index is 13.8. The number of allylic oxidation sites excluding steroid dienone is 1. The number of anilines is 2. The van der Waals surface area contributed by atoms with Gasteiger partial charge in [-0.15, -0.1) is 0 Å². The fourth-order valence-electron chi connectivity index (χ4n) is 5.07. The first-order chi connectivity index (χ1) is 19.5. The van der Waals surface area contributed by atoms with Gasteiger partial charge in [-0.2, -0.15) is 0 Å². The molecule has 2 amide bonds. The molecule has 1 unspecified atom stereocenters. The second-order valence-corrected chi connectivity index (χ2v) is 10.6. The van der Waals surface area contributed by atoms with E-state index in [9.17, 15) is 9.59 Å². The number of methoxy groups -OCH3 is 1. The molecule has 0 saturated carbocycles. The molecule has 3 aromatic rings. The Kier molecular flexibility index (Phi) is 7.08. The van der Waals surface area contributed by atoms with Gasteiger partial charge in [0.25, 0.3) is 11.8 Å². The Balaban J connectivity index is 1.32. The van der Waals surface area contributed by atoms with Crippen molar-refractivity contribution in [1.29, 1.82) is 0 Å². The van der Waals surface area contributed by atoms with Crippen LogP contribution < -0.4 is 24.8 Å². The van der Waals surface area contributed by atoms with Gasteiger partial charge in [-0.1, -0.05) is 36.0 Å². The number of nitrogens with one attached hydrogen (secondary N) is 2. The maximum Gasteiger partial charge on any atom is 0.255 e. The maximum atomic E-state index is 13.8. The summed E-state index contributed by atoms with van der Waals surface area (Å²) in [6.45, 7) is 2.78. The molecule has 2 N–H and O–H groups in total. The number of aliphatic imine (C=N–C) groups is 1. The minimum Gasteiger partial charge on any atom is -0.495 e. The summed E-state index contributed by atoms with van der Waals surface area (Å²) in [5, 5.41) is 6.92. The predicted octanol–water partition coefficient (Wildman–Crippen LogP) is 5.44. The topological polar surface area (TPSA) is 101 Å². The number of hydrogen-bond donors (Lipinski definition) is 2. The summed E-state index contributed by atoms with van der Waals surface area (Å²) in [6.07, 6.45) is 0.973. The highest BCUT2D eigenvalue weighted by molar-refractivity contribution is 8.13. The van der Waals surface area contributed by atoms with Crippen molar-refractivity contribution in [2.24, 2.45) is 4.99 Å². The quantitative estimate of drug-likeness (QED) is 0.417. The van der Waals surface area contributed by atoms with Crippen LogP contribution in [0.5, 0.6) is 17.2 Å². The van der Waals surface area contributed by atoms with Crippen LogP contribution in [0.4, 0.5) is 11.4 Å². The van der Waals surface area contributed by atoms with Crippen LogP contribution in [0.25, 0.3) is 0 Å². The van der Waals surface area contributed by atoms with Crippen LogP contribution in [0.1, 0.15) is 35.3 Å². The van der Waals surface area contributed by atoms with Gasteiger partial charge in [0.15, 0.2) is 16.7 Å². The van der Waals surface area contributed by atoms with E-state index < -0.39 is 0 Å². The van der Waals surface area contributed by atoms with Gasteiger partial charge in [0.2, 0.25) is 6.79 Å². The number of fused-ring (bicyclic) bond motifs is 2. The lowest BCUT2D eigenvalue weighted by Crippen LogP contribution is -2.43. The zero-order valence-corrected chi connectivity index (χ0v) is 22.9. The Bertz CT molecular complexity index is 1550. The van der Waals surface area contributed by atoms with Gasteiger partial charge in [-0.25, -0.2) is 4.99 Å². The van der Waals surface area contributed by atoms with Crippen LogP contribution in [-0.4, -0.2) is 48.1 Å². The lowest BCUT2D eigenvalue weighted by molar-refractivity contribution is -0.113. The van der Waals surface area contributed by atoms with Crippen molar-refractivity contribution >= 4 is 40.1 Å². The number of nitrogens with zero attached hydrogens (tertiary/aromatic N) is 2. The summed E-state index contributed by atoms with van der Waals surface area (Å²) in [7, 11) is 1.57. The Labute approximate surface area is 236 Å². The first-order valence-electron chi connectivity index (χ1n) is 13.0. The second-order valence-electron chi connectivity index (χ2n) is 9.49. The highest BCUT2D eigenvalue weighted by Gasteiger charge is 2.37. The number of para-hydroxylation sites is 2. The summed E-state index contributed by atoms with van der Waals surface area (Å²) >= 11 is 1.69. The summed E-state index contributed by atoms with van der Waals surface area (Å²) < 4.78 is 16.2. The minimum absolute atomic E-state index is 0.143. The molecule has 1 saturated heterocycles. The minimum atomic E-state index is -0.377. The number of hydrogen-bond acceptors (Lipinski definition) is 8. The number of benzene rings is 3. The number of carbonyl (C=O) groups excluding carboxylic acids is 2. The molecule has 6 rings (SSSR count). The van der Waals surface area contributed by atoms with Gasteiger partial charge in [0.1, 0.15) is 5.75 Å². The molecular weight excluding hydrogens is 528 g/mol. The molecule has 0 aliphatic carbocycles. The summed E-state index contributed by atoms with van der Waals surface area (Å²) in [6, 6.07) is 19.7. The van der Waals surface area contributed by atoms with Crippen molar-refractivity contribution in [3.05, 3.63) is 89.1 Å². The highest BCUT2D eigenvalue weighted by Crippen LogP contribution is 2.41. The monoisotopic (exact) mass is 556 g/mol. The summed E-state index contributed by atoms with van der Waals surface area (Å²) in [5.41, 5.74) is 3.76. The average Bonchev–Trinajstić information content (AvgIpc) is 3.45. The zero-order chi connectivity index (χ0) is 27.6. The van der Waals surface area contributed by atoms with E-state index in [0.29, 0.717) is 45.5 Å². The molecule has 40 heavy (non-hydrogen) atoms. The third kappa shape index (κ3) is 4.98. The van der Waals surface area contributed by atoms with Crippen molar-refractivity contribution in [1.82, 2.24) is 4.90 Å². The van der Waals surface area contributed by atoms with Crippen LogP contribution in [-0.2, 0) is 4.79 Å². The Morgan fingerprint density at radius 1 is 1.00 bits per heavy atom. The highest BCUT2D eigenvalue weighted by atomic mass is 32.2. The van der Waals surface area contributed by atoms with Crippen LogP contribution in [0.15, 0.2) is 83.0 Å². The summed E-state index contributed by atoms with van der Waals surface area (Å²) in [5.74, 6) is 2.20. The predicted molar refractivity (Wildman–Crippen MR) is 155 cm³/mol. The third-order valence-electron chi connectivity index (χ3n) is 6.95. The molecule has 0 spiro atoms. The van der Waals surface area contributed by atoms with Crippen molar-refractivity contribution in [3.8, 4) is 17.2 Å². The van der Waals surface area contributed by atoms with Gasteiger partial charge in [-0.05, 0) is 61.4 Å². The molecular formula is C30H28N4O5S. The number of amides is 2. The van der Waals surface area contributed by atoms with Crippen LogP contribution in [0.3, 0.4) is 0 Å². The van der Waals surface area contributed by atoms with E-state index in [1.165, 1.54) is 0 Å². The molecule has 0 aromatic heterocycles. The Morgan fingerprint density at radius 2 is 1.85 bits per heavy atom. The van der Waals surface area contributed by atoms with Gasteiger partial charge in [0.05, 0.1) is 30.1 Å². The smallest absolute Gasteiger partial charge is 0.255 e. The molecule has 3 aliphatic heterocycles. The van der Waals surface area contributed by atoms with Gasteiger partial charge >= 0.3 is 0 Å². The van der Waals surface area contributed by atoms with E-state index >= 15 is 0 Å². The molecule has 10 heteroatoms. The first-order valence-corrected chi connectivity index (χ1v) is 13.9. The standard InChI is InChI=1S/C30H28N4O5S/c1-18-26(29(36)33-22-9-3-4-10-23(22)37-2)27(34-13-6-14-40-30(34)31-18)19-7-5-8-21(15-19)32-28(35)20-11-12-24-25(16-20)39-17-38-24/h3-5,7-12,15-16,27H,6,13-14,17H2,1-2H3,(H,32,35)(H,33,36). The van der Waals surface area contributed by atoms with Crippen molar-refractivity contribution < 1.29 is 23.8 Å². The van der Waals surface area contributed by atoms with Crippen molar-refractivity contribution in [2.75, 3.05) is 36.8 Å². The lowest BCUT2D eigenvalue weighted by atomic mass is 9.93. The molecule has 0 radical (unpaired) electrons. The van der Waals surface area contributed by atoms with Gasteiger partial charge in [-0.3, -0.25) is 9.59 Å². The normalized spacial score (nSPS) is 17.6. The number of carbonyl (C=O) groups is 2. The van der Waals surface area contributed by atoms with Crippen LogP contribution in [0, 0.1) is 0 Å². The number of amidine groups is 1. The van der Waals surface area contributed by atoms with Crippen molar-refractivity contribution in [2.45, 2.75) is 19.4 Å². The van der Waals surface area contributed by atoms with E-state index in [0.717, 1.165) is 29.4 Å². The fraction of sp³-hybridized carbons (Fsp3) is 0.233. The zero-order valence-electron chi connectivity index (χ0n) is 22.1. The molecule has 3 aliphatic rings. The number of thioether (sulfide) groups is 1. The van der Waals surface area contributed by atoms with E-state index in [4.69, 9.17) is 19.2 Å². The van der Waals surface area contributed by atoms with Gasteiger partial charge in [0, 0.05) is 23.5 Å². The molecule has 204 valence electrons. The number of rotatable bonds is 6. The van der Waals surface area contributed by atoms with E-state index in [1.807, 2.05) is 49.4 Å². The van der Waals surface area contributed by atoms with Crippen LogP contribution >= 0.6 is 11.8 Å². The van der Waals surface area contributed by atoms with Gasteiger partial charge < -0.3 is 29.7 Å². The fourth-order valence-corrected chi connectivity index (χ4v) is 6.09. The Hall–Kier alpha value is -4.44. The second kappa shape index (κ2) is 11.0. The average molecular weight is 557 g/mol. The molecule has 0 bridgehead atoms. The lowest BCUT2D eigenvalue weighted by Gasteiger charge is -2.41. The van der Waals surface area contributed by atoms with Crippen LogP contribution in [0.2, 0.25) is 0 Å². The molecule has 3 heterocycles. The molecule has 9 nitrogen and oxygen atoms in total.